The summed E-state index contributed by atoms with van der Waals surface area (Å²) in [4.78, 5) is 122. The van der Waals surface area contributed by atoms with Crippen molar-refractivity contribution in [1.29, 1.82) is 0 Å². The summed E-state index contributed by atoms with van der Waals surface area (Å²) in [6.45, 7) is 5.21. The predicted octanol–water partition coefficient (Wildman–Crippen LogP) is -3.61. The predicted molar refractivity (Wildman–Crippen MR) is 190 cm³/mol. The van der Waals surface area contributed by atoms with Crippen LogP contribution in [0.3, 0.4) is 0 Å². The first-order chi connectivity index (χ1) is 24.9. The second-order valence-electron chi connectivity index (χ2n) is 13.3. The third-order valence-electron chi connectivity index (χ3n) is 7.77. The molecule has 2 unspecified atom stereocenters. The summed E-state index contributed by atoms with van der Waals surface area (Å²) in [6, 6.07) is -6.34. The van der Waals surface area contributed by atoms with Crippen molar-refractivity contribution in [3.05, 3.63) is 0 Å². The van der Waals surface area contributed by atoms with Crippen LogP contribution in [-0.4, -0.2) is 133 Å². The number of hydrogen-bond acceptors (Lipinski definition) is 11. The molecule has 4 atom stereocenters. The Morgan fingerprint density at radius 2 is 1.53 bits per heavy atom. The normalized spacial score (nSPS) is 21.6. The lowest BCUT2D eigenvalue weighted by Crippen LogP contribution is -2.60. The van der Waals surface area contributed by atoms with E-state index < -0.39 is 103 Å². The minimum absolute atomic E-state index is 0.00172. The molecule has 0 aromatic heterocycles. The van der Waals surface area contributed by atoms with Crippen molar-refractivity contribution in [2.45, 2.75) is 90.4 Å². The molecule has 0 aliphatic carbocycles. The third-order valence-corrected chi connectivity index (χ3v) is 7.77. The highest BCUT2D eigenvalue weighted by Crippen LogP contribution is 2.12. The largest absolute Gasteiger partial charge is 0.481 e. The average Bonchev–Trinajstić information content (AvgIpc) is 3.06. The number of carboxylic acid groups (broad SMARTS) is 1. The maximum absolute atomic E-state index is 13.9. The maximum atomic E-state index is 13.9. The zero-order valence-corrected chi connectivity index (χ0v) is 30.9. The van der Waals surface area contributed by atoms with Crippen LogP contribution in [0.15, 0.2) is 4.99 Å². The first kappa shape index (κ1) is 45.7. The Bertz CT molecular complexity index is 1370. The molecule has 0 aromatic carbocycles. The molecule has 53 heavy (non-hydrogen) atoms. The van der Waals surface area contributed by atoms with Crippen LogP contribution in [0, 0.1) is 11.8 Å². The van der Waals surface area contributed by atoms with Crippen LogP contribution in [0.1, 0.15) is 66.2 Å². The van der Waals surface area contributed by atoms with Crippen LogP contribution >= 0.6 is 0 Å². The Kier molecular flexibility index (Phi) is 20.1. The number of nitrogens with zero attached hydrogens (tertiary/aromatic N) is 2. The lowest BCUT2D eigenvalue weighted by atomic mass is 9.99. The van der Waals surface area contributed by atoms with Crippen molar-refractivity contribution in [2.75, 3.05) is 39.9 Å². The van der Waals surface area contributed by atoms with Crippen molar-refractivity contribution in [3.63, 3.8) is 0 Å². The summed E-state index contributed by atoms with van der Waals surface area (Å²) in [5.74, 6) is -8.38. The zero-order chi connectivity index (χ0) is 40.2. The third kappa shape index (κ3) is 17.6. The highest BCUT2D eigenvalue weighted by molar-refractivity contribution is 6.39. The highest BCUT2D eigenvalue weighted by Gasteiger charge is 2.35. The molecule has 0 aromatic rings. The van der Waals surface area contributed by atoms with E-state index in [-0.39, 0.29) is 63.6 Å². The Morgan fingerprint density at radius 3 is 2.11 bits per heavy atom. The topological polar surface area (TPSA) is 326 Å². The molecule has 298 valence electrons. The van der Waals surface area contributed by atoms with E-state index in [2.05, 4.69) is 42.2 Å². The first-order valence-electron chi connectivity index (χ1n) is 17.3. The van der Waals surface area contributed by atoms with E-state index in [1.165, 1.54) is 7.05 Å². The smallest absolute Gasteiger partial charge is 0.316 e. The Morgan fingerprint density at radius 1 is 0.887 bits per heavy atom. The number of nitrogens with two attached hydrogens (primary N) is 2. The van der Waals surface area contributed by atoms with Crippen molar-refractivity contribution >= 4 is 59.1 Å². The van der Waals surface area contributed by atoms with Gasteiger partial charge in [-0.3, -0.25) is 43.3 Å². The van der Waals surface area contributed by atoms with Crippen molar-refractivity contribution in [1.82, 2.24) is 42.1 Å². The molecule has 1 fully saturated rings. The molecule has 0 saturated carbocycles. The van der Waals surface area contributed by atoms with Crippen LogP contribution in [0.25, 0.3) is 0 Å². The summed E-state index contributed by atoms with van der Waals surface area (Å²) in [5.41, 5.74) is 10.7. The van der Waals surface area contributed by atoms with Gasteiger partial charge in [0.25, 0.3) is 0 Å². The Hall–Kier alpha value is -5.34. The molecule has 1 rings (SSSR count). The number of hydrogen-bond donors (Lipinski definition) is 10. The molecule has 1 aliphatic rings. The van der Waals surface area contributed by atoms with Crippen molar-refractivity contribution in [3.8, 4) is 0 Å². The average molecular weight is 754 g/mol. The van der Waals surface area contributed by atoms with E-state index in [9.17, 15) is 48.3 Å². The fourth-order valence-electron chi connectivity index (χ4n) is 5.07. The molecule has 1 heterocycles. The number of Topliss-reactive ketones (excluding diaryl/α,β-unsaturated/α-hetero) is 2. The van der Waals surface area contributed by atoms with Crippen LogP contribution in [0.4, 0.5) is 4.79 Å². The Labute approximate surface area is 307 Å². The number of urea groups is 1. The van der Waals surface area contributed by atoms with Crippen LogP contribution in [0.5, 0.6) is 0 Å². The Balaban J connectivity index is 3.58. The van der Waals surface area contributed by atoms with Crippen molar-refractivity contribution in [2.24, 2.45) is 28.3 Å². The van der Waals surface area contributed by atoms with Gasteiger partial charge in [-0.1, -0.05) is 27.7 Å². The number of guanidine groups is 1. The van der Waals surface area contributed by atoms with Gasteiger partial charge in [0.05, 0.1) is 26.2 Å². The molecule has 0 spiro atoms. The number of rotatable bonds is 14. The molecule has 7 amide bonds. The van der Waals surface area contributed by atoms with Gasteiger partial charge in [-0.15, -0.1) is 0 Å². The number of aliphatic imine (C=N–C) groups is 1. The molecule has 0 bridgehead atoms. The highest BCUT2D eigenvalue weighted by atomic mass is 16.4. The van der Waals surface area contributed by atoms with Gasteiger partial charge in [0.15, 0.2) is 5.96 Å². The molecule has 21 nitrogen and oxygen atoms in total. The second-order valence-corrected chi connectivity index (χ2v) is 13.3. The summed E-state index contributed by atoms with van der Waals surface area (Å²) in [7, 11) is 1.46. The van der Waals surface area contributed by atoms with E-state index >= 15 is 0 Å². The van der Waals surface area contributed by atoms with Gasteiger partial charge in [0.1, 0.15) is 24.2 Å². The van der Waals surface area contributed by atoms with Crippen LogP contribution < -0.4 is 48.7 Å². The van der Waals surface area contributed by atoms with E-state index in [0.29, 0.717) is 0 Å². The van der Waals surface area contributed by atoms with Crippen molar-refractivity contribution < 1.29 is 48.3 Å². The number of nitrogens with one attached hydrogen (secondary N) is 7. The van der Waals surface area contributed by atoms with E-state index in [1.807, 2.05) is 0 Å². The summed E-state index contributed by atoms with van der Waals surface area (Å²) < 4.78 is 0. The molecule has 12 N–H and O–H groups in total. The van der Waals surface area contributed by atoms with Crippen LogP contribution in [-0.2, 0) is 38.4 Å². The van der Waals surface area contributed by atoms with E-state index in [1.54, 1.807) is 27.7 Å². The number of carboxylic acids is 1. The molecular formula is C32H55N11O10. The molecule has 1 aliphatic heterocycles. The van der Waals surface area contributed by atoms with Gasteiger partial charge < -0.3 is 58.7 Å². The minimum Gasteiger partial charge on any atom is -0.481 e. The lowest BCUT2D eigenvalue weighted by Gasteiger charge is -2.31. The number of likely N-dealkylation sites (N-methyl/N-ethyl adjacent to an activating group) is 1. The fourth-order valence-corrected chi connectivity index (χ4v) is 5.07. The maximum Gasteiger partial charge on any atom is 0.316 e. The molecule has 1 saturated heterocycles. The number of carbonyl (C=O) groups is 9. The van der Waals surface area contributed by atoms with Gasteiger partial charge in [0.2, 0.25) is 41.1 Å². The van der Waals surface area contributed by atoms with Gasteiger partial charge in [-0.2, -0.15) is 0 Å². The second kappa shape index (κ2) is 23.3. The van der Waals surface area contributed by atoms with Gasteiger partial charge in [-0.05, 0) is 44.6 Å². The van der Waals surface area contributed by atoms with E-state index in [4.69, 9.17) is 11.5 Å². The van der Waals surface area contributed by atoms with Gasteiger partial charge in [0, 0.05) is 19.5 Å². The quantitative estimate of drug-likeness (QED) is 0.0355. The summed E-state index contributed by atoms with van der Waals surface area (Å²) >= 11 is 0. The van der Waals surface area contributed by atoms with Gasteiger partial charge in [-0.25, -0.2) is 4.79 Å². The first-order valence-corrected chi connectivity index (χ1v) is 17.3. The van der Waals surface area contributed by atoms with Crippen LogP contribution in [0.2, 0.25) is 0 Å². The number of carbonyl (C=O) groups excluding carboxylic acids is 8. The number of aliphatic carboxylic acids is 1. The monoisotopic (exact) mass is 753 g/mol. The standard InChI is InChI=1S/C32H55N11O10/c1-17(2)12-21-30(52)43(15-23(45)22(44)14-35-5)16-38-32(53)37-11-7-9-24(46)39-19(8-6-10-36-31(33)34)27(49)40-20(13-25(47)48)28(50)42-26(18(3)4)29(51)41-21/h17-21,26,35H,6-16H2,1-5H3,(H,39,46)(H,40,49)(H,41,51)(H,42,50)(H,47,48)(H4,33,34,36)(H2,37,38,53)/t19-,20?,21?,26-/m0/s1. The molecule has 21 heteroatoms. The number of ketones is 2. The SMILES string of the molecule is CNCC(=O)C(=O)CN1CNC(=O)NCCCC(=O)N[C@@H](CCCN=C(N)N)C(=O)NC(CC(=O)O)C(=O)N[C@@H](C(C)C)C(=O)NC(CC(C)C)C1=O. The molecular weight excluding hydrogens is 698 g/mol. The zero-order valence-electron chi connectivity index (χ0n) is 30.9. The lowest BCUT2D eigenvalue weighted by molar-refractivity contribution is -0.143. The minimum atomic E-state index is -1.69. The van der Waals surface area contributed by atoms with E-state index in [0.717, 1.165) is 4.90 Å². The van der Waals surface area contributed by atoms with Gasteiger partial charge >= 0.3 is 12.0 Å². The number of amides is 7. The summed E-state index contributed by atoms with van der Waals surface area (Å²) in [6.07, 6.45) is -0.679. The fraction of sp³-hybridized carbons (Fsp3) is 0.688. The molecule has 0 radical (unpaired) electrons. The summed E-state index contributed by atoms with van der Waals surface area (Å²) in [5, 5.41) is 27.1.